The maximum atomic E-state index is 13.2. The highest BCUT2D eigenvalue weighted by atomic mass is 32.2. The summed E-state index contributed by atoms with van der Waals surface area (Å²) < 4.78 is 5.57. The van der Waals surface area contributed by atoms with Crippen molar-refractivity contribution in [3.05, 3.63) is 46.7 Å². The molecule has 1 aromatic rings. The van der Waals surface area contributed by atoms with Gasteiger partial charge in [-0.25, -0.2) is 9.79 Å². The first-order valence-corrected chi connectivity index (χ1v) is 11.5. The van der Waals surface area contributed by atoms with Crippen molar-refractivity contribution in [2.75, 3.05) is 6.61 Å². The number of hydrogen-bond acceptors (Lipinski definition) is 5. The molecule has 0 aromatic heterocycles. The van der Waals surface area contributed by atoms with Gasteiger partial charge in [0, 0.05) is 0 Å². The number of carbonyl (C=O) groups is 2. The second-order valence-corrected chi connectivity index (χ2v) is 10.6. The summed E-state index contributed by atoms with van der Waals surface area (Å²) in [6.07, 6.45) is 0.723. The molecule has 0 unspecified atom stereocenters. The Morgan fingerprint density at radius 3 is 2.40 bits per heavy atom. The summed E-state index contributed by atoms with van der Waals surface area (Å²) in [6.45, 7) is 14.7. The molecule has 0 spiro atoms. The van der Waals surface area contributed by atoms with Gasteiger partial charge in [-0.05, 0) is 35.8 Å². The maximum Gasteiger partial charge on any atom is 0.338 e. The predicted molar refractivity (Wildman–Crippen MR) is 122 cm³/mol. The van der Waals surface area contributed by atoms with Crippen molar-refractivity contribution in [3.8, 4) is 0 Å². The van der Waals surface area contributed by atoms with E-state index in [4.69, 9.17) is 4.74 Å². The molecule has 0 aliphatic carbocycles. The molecule has 0 N–H and O–H groups in total. The molecule has 1 fully saturated rings. The molecule has 0 saturated carbocycles. The van der Waals surface area contributed by atoms with E-state index in [-0.39, 0.29) is 22.5 Å². The molecule has 162 valence electrons. The van der Waals surface area contributed by atoms with Crippen LogP contribution in [0.25, 0.3) is 0 Å². The Morgan fingerprint density at radius 2 is 1.87 bits per heavy atom. The van der Waals surface area contributed by atoms with Gasteiger partial charge in [-0.15, -0.1) is 0 Å². The van der Waals surface area contributed by atoms with Gasteiger partial charge in [-0.2, -0.15) is 0 Å². The van der Waals surface area contributed by atoms with Gasteiger partial charge >= 0.3 is 5.97 Å². The average molecular weight is 429 g/mol. The van der Waals surface area contributed by atoms with Crippen LogP contribution in [-0.4, -0.2) is 33.8 Å². The largest absolute Gasteiger partial charge is 0.462 e. The molecule has 2 aliphatic rings. The Hall–Kier alpha value is -2.08. The molecule has 1 aromatic carbocycles. The lowest BCUT2D eigenvalue weighted by Crippen LogP contribution is -2.41. The van der Waals surface area contributed by atoms with E-state index in [1.54, 1.807) is 4.90 Å². The van der Waals surface area contributed by atoms with E-state index in [9.17, 15) is 9.59 Å². The van der Waals surface area contributed by atoms with Gasteiger partial charge in [0.15, 0.2) is 5.17 Å². The Bertz CT molecular complexity index is 894. The van der Waals surface area contributed by atoms with Crippen LogP contribution in [0, 0.1) is 5.92 Å². The number of rotatable bonds is 5. The van der Waals surface area contributed by atoms with Crippen LogP contribution < -0.4 is 0 Å². The topological polar surface area (TPSA) is 59.0 Å². The highest BCUT2D eigenvalue weighted by Gasteiger charge is 2.47. The number of amides is 1. The quantitative estimate of drug-likeness (QED) is 0.603. The number of esters is 1. The monoisotopic (exact) mass is 428 g/mol. The number of benzene rings is 1. The normalized spacial score (nSPS) is 21.8. The van der Waals surface area contributed by atoms with Gasteiger partial charge in [0.25, 0.3) is 0 Å². The van der Waals surface area contributed by atoms with E-state index in [0.717, 1.165) is 12.0 Å². The molecule has 0 radical (unpaired) electrons. The van der Waals surface area contributed by atoms with Crippen molar-refractivity contribution in [3.63, 3.8) is 0 Å². The minimum Gasteiger partial charge on any atom is -0.462 e. The van der Waals surface area contributed by atoms with Crippen molar-refractivity contribution in [2.45, 2.75) is 71.6 Å². The van der Waals surface area contributed by atoms with Gasteiger partial charge < -0.3 is 4.74 Å². The SMILES string of the molecule is CC[C@H]1SC2=NC(C)=C(C(=O)OCC(C)C)[C@H](c3ccc(C(C)(C)C)cc3)N2C1=O. The molecule has 0 bridgehead atoms. The zero-order chi connectivity index (χ0) is 22.2. The van der Waals surface area contributed by atoms with Crippen LogP contribution >= 0.6 is 11.8 Å². The third kappa shape index (κ3) is 4.34. The molecule has 1 amide bonds. The minimum atomic E-state index is -0.511. The first kappa shape index (κ1) is 22.6. The maximum absolute atomic E-state index is 13.2. The van der Waals surface area contributed by atoms with Crippen molar-refractivity contribution >= 4 is 28.8 Å². The molecule has 3 rings (SSSR count). The molecule has 2 aliphatic heterocycles. The zero-order valence-corrected chi connectivity index (χ0v) is 19.8. The highest BCUT2D eigenvalue weighted by Crippen LogP contribution is 2.44. The summed E-state index contributed by atoms with van der Waals surface area (Å²) in [5.41, 5.74) is 3.20. The molecule has 6 heteroatoms. The molecular formula is C24H32N2O3S. The van der Waals surface area contributed by atoms with Gasteiger partial charge in [-0.3, -0.25) is 9.69 Å². The van der Waals surface area contributed by atoms with E-state index in [0.29, 0.717) is 23.0 Å². The predicted octanol–water partition coefficient (Wildman–Crippen LogP) is 5.22. The summed E-state index contributed by atoms with van der Waals surface area (Å²) in [5, 5.41) is 0.508. The lowest BCUT2D eigenvalue weighted by atomic mass is 9.85. The van der Waals surface area contributed by atoms with Gasteiger partial charge in [0.2, 0.25) is 5.91 Å². The lowest BCUT2D eigenvalue weighted by Gasteiger charge is -2.33. The molecule has 2 heterocycles. The number of allylic oxidation sites excluding steroid dienone is 1. The number of thioether (sulfide) groups is 1. The Labute approximate surface area is 184 Å². The minimum absolute atomic E-state index is 0.00723. The lowest BCUT2D eigenvalue weighted by molar-refractivity contribution is -0.141. The number of ether oxygens (including phenoxy) is 1. The Kier molecular flexibility index (Phi) is 6.46. The summed E-state index contributed by atoms with van der Waals surface area (Å²) in [6, 6.07) is 7.70. The third-order valence-corrected chi connectivity index (χ3v) is 6.70. The smallest absolute Gasteiger partial charge is 0.338 e. The first-order valence-electron chi connectivity index (χ1n) is 10.6. The van der Waals surface area contributed by atoms with E-state index in [2.05, 4.69) is 37.9 Å². The third-order valence-electron chi connectivity index (χ3n) is 5.38. The van der Waals surface area contributed by atoms with Crippen LogP contribution in [0.3, 0.4) is 0 Å². The summed E-state index contributed by atoms with van der Waals surface area (Å²) >= 11 is 1.48. The number of hydrogen-bond donors (Lipinski definition) is 0. The average Bonchev–Trinajstić information content (AvgIpc) is 2.99. The summed E-state index contributed by atoms with van der Waals surface area (Å²) in [5.74, 6) is -0.157. The second-order valence-electron chi connectivity index (χ2n) is 9.38. The fourth-order valence-electron chi connectivity index (χ4n) is 3.65. The van der Waals surface area contributed by atoms with Gasteiger partial charge in [0.05, 0.1) is 29.2 Å². The number of aliphatic imine (C=N–C) groups is 1. The van der Waals surface area contributed by atoms with E-state index in [1.165, 1.54) is 17.3 Å². The zero-order valence-electron chi connectivity index (χ0n) is 19.0. The van der Waals surface area contributed by atoms with Crippen LogP contribution in [0.1, 0.15) is 72.1 Å². The molecular weight excluding hydrogens is 396 g/mol. The number of amidine groups is 1. The van der Waals surface area contributed by atoms with Gasteiger partial charge in [0.1, 0.15) is 0 Å². The van der Waals surface area contributed by atoms with E-state index >= 15 is 0 Å². The second kappa shape index (κ2) is 8.58. The van der Waals surface area contributed by atoms with Crippen LogP contribution in [-0.2, 0) is 19.7 Å². The van der Waals surface area contributed by atoms with E-state index in [1.807, 2.05) is 39.8 Å². The Morgan fingerprint density at radius 1 is 1.23 bits per heavy atom. The van der Waals surface area contributed by atoms with Crippen LogP contribution in [0.2, 0.25) is 0 Å². The molecule has 5 nitrogen and oxygen atoms in total. The number of carbonyl (C=O) groups excluding carboxylic acids is 2. The molecule has 2 atom stereocenters. The molecule has 1 saturated heterocycles. The summed E-state index contributed by atoms with van der Waals surface area (Å²) in [4.78, 5) is 32.6. The standard InChI is InChI=1S/C24H32N2O3S/c1-8-18-21(27)26-20(16-9-11-17(12-10-16)24(5,6)7)19(15(4)25-23(26)30-18)22(28)29-13-14(2)3/h9-12,14,18,20H,8,13H2,1-7H3/t18-,20+/m1/s1. The number of fused-ring (bicyclic) bond motifs is 1. The fourth-order valence-corrected chi connectivity index (χ4v) is 4.79. The Balaban J connectivity index is 2.07. The van der Waals surface area contributed by atoms with Crippen LogP contribution in [0.5, 0.6) is 0 Å². The van der Waals surface area contributed by atoms with Gasteiger partial charge in [-0.1, -0.05) is 77.6 Å². The van der Waals surface area contributed by atoms with Crippen molar-refractivity contribution < 1.29 is 14.3 Å². The number of nitrogens with zero attached hydrogens (tertiary/aromatic N) is 2. The van der Waals surface area contributed by atoms with Crippen molar-refractivity contribution in [1.82, 2.24) is 4.90 Å². The van der Waals surface area contributed by atoms with Crippen molar-refractivity contribution in [2.24, 2.45) is 10.9 Å². The van der Waals surface area contributed by atoms with Crippen LogP contribution in [0.15, 0.2) is 40.5 Å². The highest BCUT2D eigenvalue weighted by molar-refractivity contribution is 8.15. The van der Waals surface area contributed by atoms with E-state index < -0.39 is 12.0 Å². The fraction of sp³-hybridized carbons (Fsp3) is 0.542. The van der Waals surface area contributed by atoms with Crippen molar-refractivity contribution in [1.29, 1.82) is 0 Å². The molecule has 30 heavy (non-hydrogen) atoms. The first-order chi connectivity index (χ1) is 14.0. The summed E-state index contributed by atoms with van der Waals surface area (Å²) in [7, 11) is 0. The van der Waals surface area contributed by atoms with Crippen LogP contribution in [0.4, 0.5) is 0 Å².